The monoisotopic (exact) mass is 278 g/mol. The number of hydrogen-bond donors (Lipinski definition) is 1. The molecule has 3 aromatic rings. The second kappa shape index (κ2) is 5.30. The van der Waals surface area contributed by atoms with E-state index in [2.05, 4.69) is 50.4 Å². The number of likely N-dealkylation sites (tertiary alicyclic amines) is 1. The molecule has 0 aliphatic carbocycles. The fourth-order valence-electron chi connectivity index (χ4n) is 3.33. The Morgan fingerprint density at radius 3 is 3.00 bits per heavy atom. The van der Waals surface area contributed by atoms with E-state index in [0.29, 0.717) is 6.04 Å². The number of fused-ring (bicyclic) bond motifs is 1. The molecule has 1 saturated heterocycles. The molecule has 0 radical (unpaired) electrons. The standard InChI is InChI=1S/C17H18N4/c1-4-13-6-2-9-18-17(13)14(5-1)12-21-11-3-7-16(21)15-8-10-19-20-15/h1-2,4-6,8-10,16H,3,7,11-12H2,(H,19,20)/t16-/m0/s1. The summed E-state index contributed by atoms with van der Waals surface area (Å²) in [5.41, 5.74) is 3.65. The number of aromatic nitrogens is 3. The van der Waals surface area contributed by atoms with Gasteiger partial charge in [0.2, 0.25) is 0 Å². The van der Waals surface area contributed by atoms with Crippen LogP contribution in [0.5, 0.6) is 0 Å². The zero-order valence-electron chi connectivity index (χ0n) is 11.9. The number of nitrogens with one attached hydrogen (secondary N) is 1. The first-order valence-corrected chi connectivity index (χ1v) is 7.48. The summed E-state index contributed by atoms with van der Waals surface area (Å²) in [6.45, 7) is 2.07. The lowest BCUT2D eigenvalue weighted by atomic mass is 10.1. The van der Waals surface area contributed by atoms with E-state index < -0.39 is 0 Å². The average Bonchev–Trinajstić information content (AvgIpc) is 3.18. The number of aromatic amines is 1. The van der Waals surface area contributed by atoms with Gasteiger partial charge in [-0.1, -0.05) is 24.3 Å². The number of para-hydroxylation sites is 1. The van der Waals surface area contributed by atoms with E-state index in [9.17, 15) is 0 Å². The van der Waals surface area contributed by atoms with Crippen molar-refractivity contribution >= 4 is 10.9 Å². The molecule has 0 spiro atoms. The predicted molar refractivity (Wildman–Crippen MR) is 82.7 cm³/mol. The summed E-state index contributed by atoms with van der Waals surface area (Å²) in [6.07, 6.45) is 6.15. The first-order chi connectivity index (χ1) is 10.4. The fourth-order valence-corrected chi connectivity index (χ4v) is 3.33. The van der Waals surface area contributed by atoms with Gasteiger partial charge in [0, 0.05) is 24.3 Å². The molecule has 3 heterocycles. The van der Waals surface area contributed by atoms with Gasteiger partial charge in [-0.05, 0) is 37.1 Å². The van der Waals surface area contributed by atoms with Gasteiger partial charge >= 0.3 is 0 Å². The molecule has 0 amide bonds. The lowest BCUT2D eigenvalue weighted by Crippen LogP contribution is -2.23. The number of benzene rings is 1. The molecule has 0 unspecified atom stereocenters. The molecule has 1 N–H and O–H groups in total. The molecular formula is C17H18N4. The highest BCUT2D eigenvalue weighted by atomic mass is 15.2. The molecule has 4 nitrogen and oxygen atoms in total. The van der Waals surface area contributed by atoms with Crippen LogP contribution in [0.15, 0.2) is 48.8 Å². The Bertz CT molecular complexity index is 730. The number of rotatable bonds is 3. The lowest BCUT2D eigenvalue weighted by molar-refractivity contribution is 0.245. The highest BCUT2D eigenvalue weighted by molar-refractivity contribution is 5.81. The van der Waals surface area contributed by atoms with Crippen LogP contribution in [-0.4, -0.2) is 26.6 Å². The zero-order valence-corrected chi connectivity index (χ0v) is 11.9. The second-order valence-electron chi connectivity index (χ2n) is 5.63. The zero-order chi connectivity index (χ0) is 14.1. The van der Waals surface area contributed by atoms with Crippen LogP contribution in [0.1, 0.15) is 30.1 Å². The van der Waals surface area contributed by atoms with Gasteiger partial charge in [-0.25, -0.2) is 0 Å². The molecule has 2 aromatic heterocycles. The Morgan fingerprint density at radius 1 is 1.14 bits per heavy atom. The maximum Gasteiger partial charge on any atom is 0.0746 e. The van der Waals surface area contributed by atoms with Crippen molar-refractivity contribution in [2.45, 2.75) is 25.4 Å². The molecule has 0 bridgehead atoms. The summed E-state index contributed by atoms with van der Waals surface area (Å²) in [7, 11) is 0. The Hall–Kier alpha value is -2.20. The quantitative estimate of drug-likeness (QED) is 0.799. The predicted octanol–water partition coefficient (Wildman–Crippen LogP) is 3.30. The summed E-state index contributed by atoms with van der Waals surface area (Å²) in [5.74, 6) is 0. The summed E-state index contributed by atoms with van der Waals surface area (Å²) in [5, 5.41) is 8.43. The fraction of sp³-hybridized carbons (Fsp3) is 0.294. The molecule has 4 heteroatoms. The SMILES string of the molecule is c1cnc2c(CN3CCC[C@H]3c3ccn[nH]3)cccc2c1. The first-order valence-electron chi connectivity index (χ1n) is 7.48. The van der Waals surface area contributed by atoms with E-state index in [1.165, 1.54) is 29.5 Å². The average molecular weight is 278 g/mol. The lowest BCUT2D eigenvalue weighted by Gasteiger charge is -2.23. The Labute approximate surface area is 123 Å². The normalized spacial score (nSPS) is 19.3. The van der Waals surface area contributed by atoms with Crippen molar-refractivity contribution in [3.8, 4) is 0 Å². The van der Waals surface area contributed by atoms with Gasteiger partial charge in [-0.15, -0.1) is 0 Å². The van der Waals surface area contributed by atoms with Crippen LogP contribution in [-0.2, 0) is 6.54 Å². The van der Waals surface area contributed by atoms with Crippen LogP contribution in [0.25, 0.3) is 10.9 Å². The van der Waals surface area contributed by atoms with Crippen LogP contribution < -0.4 is 0 Å². The van der Waals surface area contributed by atoms with Crippen LogP contribution in [0, 0.1) is 0 Å². The molecule has 106 valence electrons. The Morgan fingerprint density at radius 2 is 2.10 bits per heavy atom. The van der Waals surface area contributed by atoms with Gasteiger partial charge in [0.25, 0.3) is 0 Å². The third-order valence-corrected chi connectivity index (χ3v) is 4.33. The van der Waals surface area contributed by atoms with Crippen molar-refractivity contribution in [2.75, 3.05) is 6.54 Å². The van der Waals surface area contributed by atoms with E-state index in [1.807, 2.05) is 18.5 Å². The molecule has 1 atom stereocenters. The third kappa shape index (κ3) is 2.32. The van der Waals surface area contributed by atoms with Crippen molar-refractivity contribution in [3.63, 3.8) is 0 Å². The van der Waals surface area contributed by atoms with Crippen LogP contribution in [0.4, 0.5) is 0 Å². The number of H-pyrrole nitrogens is 1. The van der Waals surface area contributed by atoms with E-state index in [-0.39, 0.29) is 0 Å². The van der Waals surface area contributed by atoms with E-state index in [4.69, 9.17) is 0 Å². The van der Waals surface area contributed by atoms with Crippen molar-refractivity contribution in [1.29, 1.82) is 0 Å². The van der Waals surface area contributed by atoms with E-state index in [0.717, 1.165) is 18.6 Å². The van der Waals surface area contributed by atoms with E-state index in [1.54, 1.807) is 0 Å². The van der Waals surface area contributed by atoms with Gasteiger partial charge in [-0.3, -0.25) is 15.0 Å². The minimum absolute atomic E-state index is 0.450. The molecule has 1 aliphatic rings. The van der Waals surface area contributed by atoms with Crippen molar-refractivity contribution in [2.24, 2.45) is 0 Å². The minimum atomic E-state index is 0.450. The smallest absolute Gasteiger partial charge is 0.0746 e. The molecular weight excluding hydrogens is 260 g/mol. The van der Waals surface area contributed by atoms with E-state index >= 15 is 0 Å². The number of hydrogen-bond acceptors (Lipinski definition) is 3. The van der Waals surface area contributed by atoms with Crippen LogP contribution in [0.2, 0.25) is 0 Å². The second-order valence-corrected chi connectivity index (χ2v) is 5.63. The molecule has 21 heavy (non-hydrogen) atoms. The van der Waals surface area contributed by atoms with Crippen molar-refractivity contribution in [3.05, 3.63) is 60.0 Å². The van der Waals surface area contributed by atoms with Gasteiger partial charge in [0.05, 0.1) is 17.3 Å². The van der Waals surface area contributed by atoms with Gasteiger partial charge in [-0.2, -0.15) is 5.10 Å². The van der Waals surface area contributed by atoms with Crippen LogP contribution in [0.3, 0.4) is 0 Å². The third-order valence-electron chi connectivity index (χ3n) is 4.33. The molecule has 1 fully saturated rings. The van der Waals surface area contributed by atoms with Gasteiger partial charge < -0.3 is 0 Å². The van der Waals surface area contributed by atoms with Crippen molar-refractivity contribution < 1.29 is 0 Å². The Kier molecular flexibility index (Phi) is 3.16. The Balaban J connectivity index is 1.65. The topological polar surface area (TPSA) is 44.8 Å². The van der Waals surface area contributed by atoms with Gasteiger partial charge in [0.1, 0.15) is 0 Å². The van der Waals surface area contributed by atoms with Gasteiger partial charge in [0.15, 0.2) is 0 Å². The summed E-state index contributed by atoms with van der Waals surface area (Å²) in [4.78, 5) is 7.09. The highest BCUT2D eigenvalue weighted by Crippen LogP contribution is 2.32. The minimum Gasteiger partial charge on any atom is -0.290 e. The molecule has 1 aliphatic heterocycles. The maximum atomic E-state index is 4.56. The highest BCUT2D eigenvalue weighted by Gasteiger charge is 2.27. The maximum absolute atomic E-state index is 4.56. The largest absolute Gasteiger partial charge is 0.290 e. The number of nitrogens with zero attached hydrogens (tertiary/aromatic N) is 3. The van der Waals surface area contributed by atoms with Crippen LogP contribution >= 0.6 is 0 Å². The summed E-state index contributed by atoms with van der Waals surface area (Å²) >= 11 is 0. The summed E-state index contributed by atoms with van der Waals surface area (Å²) in [6, 6.07) is 13.1. The molecule has 4 rings (SSSR count). The van der Waals surface area contributed by atoms with Crippen molar-refractivity contribution in [1.82, 2.24) is 20.1 Å². The summed E-state index contributed by atoms with van der Waals surface area (Å²) < 4.78 is 0. The first kappa shape index (κ1) is 12.5. The number of pyridine rings is 1. The molecule has 0 saturated carbocycles. The molecule has 1 aromatic carbocycles.